The Bertz CT molecular complexity index is 349. The van der Waals surface area contributed by atoms with Crippen molar-refractivity contribution in [2.75, 3.05) is 0 Å². The van der Waals surface area contributed by atoms with E-state index in [0.717, 1.165) is 4.88 Å². The van der Waals surface area contributed by atoms with Crippen molar-refractivity contribution in [1.82, 2.24) is 0 Å². The van der Waals surface area contributed by atoms with Crippen LogP contribution in [0.1, 0.15) is 30.6 Å². The normalized spacial score (nSPS) is 20.9. The predicted octanol–water partition coefficient (Wildman–Crippen LogP) is 3.69. The van der Waals surface area contributed by atoms with Crippen molar-refractivity contribution < 1.29 is 13.6 Å². The van der Waals surface area contributed by atoms with Crippen molar-refractivity contribution in [3.05, 3.63) is 22.4 Å². The van der Waals surface area contributed by atoms with Crippen molar-refractivity contribution in [2.45, 2.75) is 38.0 Å². The van der Waals surface area contributed by atoms with E-state index in [4.69, 9.17) is 0 Å². The number of ketones is 1. The third-order valence-electron chi connectivity index (χ3n) is 3.10. The Morgan fingerprint density at radius 3 is 2.69 bits per heavy atom. The summed E-state index contributed by atoms with van der Waals surface area (Å²) >= 11 is 1.55. The third kappa shape index (κ3) is 2.88. The van der Waals surface area contributed by atoms with Crippen LogP contribution in [0.25, 0.3) is 0 Å². The van der Waals surface area contributed by atoms with Gasteiger partial charge in [-0.2, -0.15) is 0 Å². The minimum Gasteiger partial charge on any atom is -0.299 e. The Morgan fingerprint density at radius 1 is 1.44 bits per heavy atom. The van der Waals surface area contributed by atoms with Crippen LogP contribution in [-0.2, 0) is 11.2 Å². The minimum absolute atomic E-state index is 0.123. The lowest BCUT2D eigenvalue weighted by molar-refractivity contribution is -0.126. The summed E-state index contributed by atoms with van der Waals surface area (Å²) in [6.07, 6.45) is 0.837. The van der Waals surface area contributed by atoms with Crippen molar-refractivity contribution in [3.8, 4) is 0 Å². The van der Waals surface area contributed by atoms with E-state index in [9.17, 15) is 13.6 Å². The van der Waals surface area contributed by atoms with Crippen LogP contribution in [0.5, 0.6) is 0 Å². The topological polar surface area (TPSA) is 17.1 Å². The zero-order chi connectivity index (χ0) is 11.6. The fourth-order valence-electron chi connectivity index (χ4n) is 2.09. The fraction of sp³-hybridized carbons (Fsp3) is 0.583. The van der Waals surface area contributed by atoms with E-state index in [-0.39, 0.29) is 24.5 Å². The summed E-state index contributed by atoms with van der Waals surface area (Å²) in [4.78, 5) is 12.9. The summed E-state index contributed by atoms with van der Waals surface area (Å²) in [5.74, 6) is -2.57. The number of carbonyl (C=O) groups is 1. The van der Waals surface area contributed by atoms with Gasteiger partial charge in [-0.15, -0.1) is 11.3 Å². The number of Topliss-reactive ketones (excluding diaryl/α,β-unsaturated/α-hetero) is 1. The van der Waals surface area contributed by atoms with Crippen LogP contribution >= 0.6 is 11.3 Å². The van der Waals surface area contributed by atoms with Crippen molar-refractivity contribution in [3.63, 3.8) is 0 Å². The number of halogens is 2. The number of carbonyl (C=O) groups excluding carboxylic acids is 1. The summed E-state index contributed by atoms with van der Waals surface area (Å²) in [6.45, 7) is 0. The van der Waals surface area contributed by atoms with Gasteiger partial charge in [0.15, 0.2) is 0 Å². The largest absolute Gasteiger partial charge is 0.299 e. The van der Waals surface area contributed by atoms with Crippen molar-refractivity contribution in [1.29, 1.82) is 0 Å². The average Bonchev–Trinajstić information content (AvgIpc) is 2.70. The van der Waals surface area contributed by atoms with Crippen molar-refractivity contribution >= 4 is 17.1 Å². The Labute approximate surface area is 97.5 Å². The van der Waals surface area contributed by atoms with Crippen LogP contribution in [0.15, 0.2) is 17.5 Å². The van der Waals surface area contributed by atoms with Gasteiger partial charge in [0.25, 0.3) is 0 Å². The van der Waals surface area contributed by atoms with Gasteiger partial charge in [-0.3, -0.25) is 4.79 Å². The van der Waals surface area contributed by atoms with Gasteiger partial charge >= 0.3 is 0 Å². The second-order valence-corrected chi connectivity index (χ2v) is 5.38. The van der Waals surface area contributed by atoms with Crippen LogP contribution in [0.2, 0.25) is 0 Å². The van der Waals surface area contributed by atoms with Gasteiger partial charge in [0.1, 0.15) is 5.78 Å². The molecule has 0 amide bonds. The minimum atomic E-state index is -2.54. The van der Waals surface area contributed by atoms with Crippen LogP contribution in [0, 0.1) is 5.92 Å². The summed E-state index contributed by atoms with van der Waals surface area (Å²) in [7, 11) is 0. The maximum atomic E-state index is 12.9. The van der Waals surface area contributed by atoms with Gasteiger partial charge < -0.3 is 0 Å². The zero-order valence-electron chi connectivity index (χ0n) is 8.92. The lowest BCUT2D eigenvalue weighted by Gasteiger charge is -2.27. The molecule has 0 aliphatic heterocycles. The molecule has 0 unspecified atom stereocenters. The van der Waals surface area contributed by atoms with E-state index in [1.54, 1.807) is 11.3 Å². The number of rotatable bonds is 3. The number of thiophene rings is 1. The lowest BCUT2D eigenvalue weighted by Crippen LogP contribution is -2.29. The smallest absolute Gasteiger partial charge is 0.248 e. The molecule has 0 bridgehead atoms. The molecule has 1 aromatic rings. The van der Waals surface area contributed by atoms with Crippen LogP contribution in [0.4, 0.5) is 8.78 Å². The molecule has 16 heavy (non-hydrogen) atoms. The molecule has 1 aliphatic rings. The molecule has 1 fully saturated rings. The average molecular weight is 244 g/mol. The Hall–Kier alpha value is -0.770. The molecule has 2 rings (SSSR count). The Morgan fingerprint density at radius 2 is 2.12 bits per heavy atom. The molecule has 0 spiro atoms. The standard InChI is InChI=1S/C12H14F2OS/c13-12(14)5-3-9(4-6-12)11(15)8-10-2-1-7-16-10/h1-2,7,9H,3-6,8H2. The van der Waals surface area contributed by atoms with Gasteiger partial charge in [-0.25, -0.2) is 8.78 Å². The zero-order valence-corrected chi connectivity index (χ0v) is 9.73. The van der Waals surface area contributed by atoms with E-state index < -0.39 is 5.92 Å². The van der Waals surface area contributed by atoms with Gasteiger partial charge in [0, 0.05) is 30.1 Å². The second kappa shape index (κ2) is 4.62. The first-order valence-corrected chi connectivity index (χ1v) is 6.38. The monoisotopic (exact) mass is 244 g/mol. The van der Waals surface area contributed by atoms with E-state index in [0.29, 0.717) is 19.3 Å². The summed E-state index contributed by atoms with van der Waals surface area (Å²) < 4.78 is 25.8. The number of hydrogen-bond acceptors (Lipinski definition) is 2. The molecule has 0 N–H and O–H groups in total. The highest BCUT2D eigenvalue weighted by molar-refractivity contribution is 7.10. The van der Waals surface area contributed by atoms with Gasteiger partial charge in [0.2, 0.25) is 5.92 Å². The molecule has 1 aromatic heterocycles. The number of hydrogen-bond donors (Lipinski definition) is 0. The first kappa shape index (κ1) is 11.7. The Balaban J connectivity index is 1.87. The van der Waals surface area contributed by atoms with E-state index in [1.165, 1.54) is 0 Å². The van der Waals surface area contributed by atoms with Crippen molar-refractivity contribution in [2.24, 2.45) is 5.92 Å². The van der Waals surface area contributed by atoms with Crippen LogP contribution in [0.3, 0.4) is 0 Å². The SMILES string of the molecule is O=C(Cc1cccs1)C1CCC(F)(F)CC1. The van der Waals surface area contributed by atoms with Crippen LogP contribution in [-0.4, -0.2) is 11.7 Å². The van der Waals surface area contributed by atoms with E-state index in [1.807, 2.05) is 17.5 Å². The van der Waals surface area contributed by atoms with E-state index >= 15 is 0 Å². The first-order chi connectivity index (χ1) is 7.57. The fourth-order valence-corrected chi connectivity index (χ4v) is 2.81. The molecule has 1 saturated carbocycles. The molecule has 88 valence electrons. The summed E-state index contributed by atoms with van der Waals surface area (Å²) in [5, 5.41) is 1.93. The highest BCUT2D eigenvalue weighted by Gasteiger charge is 2.37. The molecule has 0 aromatic carbocycles. The third-order valence-corrected chi connectivity index (χ3v) is 3.98. The molecule has 4 heteroatoms. The van der Waals surface area contributed by atoms with Gasteiger partial charge in [0.05, 0.1) is 0 Å². The lowest BCUT2D eigenvalue weighted by atomic mass is 9.83. The van der Waals surface area contributed by atoms with E-state index in [2.05, 4.69) is 0 Å². The first-order valence-electron chi connectivity index (χ1n) is 5.50. The number of alkyl halides is 2. The highest BCUT2D eigenvalue weighted by Crippen LogP contribution is 2.36. The molecule has 0 radical (unpaired) electrons. The predicted molar refractivity (Wildman–Crippen MR) is 59.9 cm³/mol. The van der Waals surface area contributed by atoms with Gasteiger partial charge in [-0.1, -0.05) is 6.07 Å². The molecule has 0 atom stereocenters. The summed E-state index contributed by atoms with van der Waals surface area (Å²) in [6, 6.07) is 3.82. The molecule has 0 saturated heterocycles. The maximum Gasteiger partial charge on any atom is 0.248 e. The van der Waals surface area contributed by atoms with Gasteiger partial charge in [-0.05, 0) is 24.3 Å². The molecule has 1 nitrogen and oxygen atoms in total. The Kier molecular flexibility index (Phi) is 3.38. The molecule has 1 aliphatic carbocycles. The summed E-state index contributed by atoms with van der Waals surface area (Å²) in [5.41, 5.74) is 0. The molecule has 1 heterocycles. The maximum absolute atomic E-state index is 12.9. The van der Waals surface area contributed by atoms with Crippen LogP contribution < -0.4 is 0 Å². The highest BCUT2D eigenvalue weighted by atomic mass is 32.1. The molecular formula is C12H14F2OS. The quantitative estimate of drug-likeness (QED) is 0.792. The second-order valence-electron chi connectivity index (χ2n) is 4.35. The molecular weight excluding hydrogens is 230 g/mol.